The van der Waals surface area contributed by atoms with Gasteiger partial charge in [-0.3, -0.25) is 4.48 Å². The van der Waals surface area contributed by atoms with Gasteiger partial charge in [-0.1, -0.05) is 0 Å². The van der Waals surface area contributed by atoms with Gasteiger partial charge >= 0.3 is 0 Å². The van der Waals surface area contributed by atoms with Crippen molar-refractivity contribution in [2.24, 2.45) is 4.99 Å². The molecule has 0 aromatic carbocycles. The maximum Gasteiger partial charge on any atom is 0.181 e. The number of aliphatic hydroxyl groups excluding tert-OH is 2. The summed E-state index contributed by atoms with van der Waals surface area (Å²) in [5.41, 5.74) is 0. The van der Waals surface area contributed by atoms with Crippen LogP contribution in [0.5, 0.6) is 0 Å². The number of rotatable bonds is 6. The summed E-state index contributed by atoms with van der Waals surface area (Å²) >= 11 is 0. The minimum atomic E-state index is -0.0786. The molecule has 0 amide bonds. The molecule has 0 heterocycles. The summed E-state index contributed by atoms with van der Waals surface area (Å²) in [5, 5.41) is 24.2. The van der Waals surface area contributed by atoms with Crippen molar-refractivity contribution in [3.63, 3.8) is 0 Å². The Morgan fingerprint density at radius 3 is 2.42 bits per heavy atom. The first-order chi connectivity index (χ1) is 5.68. The lowest BCUT2D eigenvalue weighted by molar-refractivity contribution is -0.944. The third kappa shape index (κ3) is 4.20. The standard InChI is InChI=1S/C7H16N3O2/c1-10(6-11,7-12)4-2-3-9-5-8/h8,11-12H,2-4,6-7H2,1H3/q+1. The van der Waals surface area contributed by atoms with Gasteiger partial charge in [0, 0.05) is 6.42 Å². The zero-order valence-corrected chi connectivity index (χ0v) is 7.32. The van der Waals surface area contributed by atoms with Crippen molar-refractivity contribution >= 4 is 6.01 Å². The van der Waals surface area contributed by atoms with E-state index < -0.39 is 0 Å². The van der Waals surface area contributed by atoms with E-state index >= 15 is 0 Å². The molecule has 70 valence electrons. The lowest BCUT2D eigenvalue weighted by atomic mass is 10.3. The second-order valence-electron chi connectivity index (χ2n) is 2.97. The van der Waals surface area contributed by atoms with Crippen molar-refractivity contribution in [3.05, 3.63) is 0 Å². The molecule has 0 aromatic heterocycles. The Labute approximate surface area is 72.1 Å². The van der Waals surface area contributed by atoms with E-state index in [-0.39, 0.29) is 17.9 Å². The highest BCUT2D eigenvalue weighted by Crippen LogP contribution is 2.00. The minimum absolute atomic E-state index is 0.0786. The van der Waals surface area contributed by atoms with Crippen molar-refractivity contribution < 1.29 is 14.7 Å². The second-order valence-corrected chi connectivity index (χ2v) is 2.97. The molecule has 0 saturated heterocycles. The van der Waals surface area contributed by atoms with Gasteiger partial charge in [0.25, 0.3) is 0 Å². The number of nitrogens with one attached hydrogen (secondary N) is 1. The average Bonchev–Trinajstić information content (AvgIpc) is 2.12. The van der Waals surface area contributed by atoms with E-state index in [0.717, 1.165) is 6.42 Å². The molecule has 5 nitrogen and oxygen atoms in total. The van der Waals surface area contributed by atoms with Gasteiger partial charge in [0.05, 0.1) is 26.1 Å². The normalized spacial score (nSPS) is 10.9. The molecular weight excluding hydrogens is 158 g/mol. The molecule has 0 aliphatic heterocycles. The molecule has 5 heteroatoms. The largest absolute Gasteiger partial charge is 0.347 e. The molecule has 0 bridgehead atoms. The summed E-state index contributed by atoms with van der Waals surface area (Å²) in [6.45, 7) is 1.02. The molecule has 0 aromatic rings. The van der Waals surface area contributed by atoms with E-state index in [4.69, 9.17) is 15.6 Å². The summed E-state index contributed by atoms with van der Waals surface area (Å²) < 4.78 is 0.216. The summed E-state index contributed by atoms with van der Waals surface area (Å²) in [7, 11) is 1.76. The minimum Gasteiger partial charge on any atom is -0.347 e. The number of quaternary nitrogens is 1. The highest BCUT2D eigenvalue weighted by molar-refractivity contribution is 5.35. The van der Waals surface area contributed by atoms with Gasteiger partial charge in [0.1, 0.15) is 0 Å². The van der Waals surface area contributed by atoms with Crippen LogP contribution >= 0.6 is 0 Å². The van der Waals surface area contributed by atoms with Gasteiger partial charge in [-0.15, -0.1) is 0 Å². The highest BCUT2D eigenvalue weighted by atomic mass is 16.3. The summed E-state index contributed by atoms with van der Waals surface area (Å²) in [6, 6.07) is 1.93. The molecule has 0 fully saturated rings. The molecule has 0 aliphatic carbocycles. The van der Waals surface area contributed by atoms with Gasteiger partial charge in [-0.05, 0) is 0 Å². The predicted octanol–water partition coefficient (Wildman–Crippen LogP) is -0.525. The van der Waals surface area contributed by atoms with E-state index in [2.05, 4.69) is 4.99 Å². The quantitative estimate of drug-likeness (QED) is 0.219. The number of nitrogens with zero attached hydrogens (tertiary/aromatic N) is 2. The Morgan fingerprint density at radius 2 is 2.00 bits per heavy atom. The van der Waals surface area contributed by atoms with Crippen molar-refractivity contribution in [1.82, 2.24) is 0 Å². The zero-order chi connectivity index (χ0) is 9.45. The number of aliphatic imine (C=N–C) groups is 1. The molecular formula is C7H16N3O2+. The topological polar surface area (TPSA) is 76.7 Å². The number of hydrogen-bond donors (Lipinski definition) is 3. The third-order valence-electron chi connectivity index (χ3n) is 1.73. The number of hydrogen-bond acceptors (Lipinski definition) is 4. The van der Waals surface area contributed by atoms with Crippen LogP contribution in [0, 0.1) is 5.41 Å². The maximum absolute atomic E-state index is 8.87. The fraction of sp³-hybridized carbons (Fsp3) is 0.857. The van der Waals surface area contributed by atoms with Gasteiger partial charge in [0.15, 0.2) is 13.5 Å². The fourth-order valence-corrected chi connectivity index (χ4v) is 0.774. The molecule has 0 aliphatic rings. The lowest BCUT2D eigenvalue weighted by Crippen LogP contribution is -2.46. The van der Waals surface area contributed by atoms with Crippen LogP contribution in [0.25, 0.3) is 0 Å². The van der Waals surface area contributed by atoms with E-state index in [0.29, 0.717) is 13.1 Å². The average molecular weight is 174 g/mol. The first kappa shape index (κ1) is 11.3. The smallest absolute Gasteiger partial charge is 0.181 e. The predicted molar refractivity (Wildman–Crippen MR) is 44.9 cm³/mol. The molecule has 0 rings (SSSR count). The van der Waals surface area contributed by atoms with Crippen molar-refractivity contribution in [2.75, 3.05) is 33.6 Å². The maximum atomic E-state index is 8.87. The lowest BCUT2D eigenvalue weighted by Gasteiger charge is -2.29. The number of aliphatic hydroxyl groups is 2. The molecule has 0 spiro atoms. The third-order valence-corrected chi connectivity index (χ3v) is 1.73. The Bertz CT molecular complexity index is 162. The van der Waals surface area contributed by atoms with Crippen molar-refractivity contribution in [1.29, 1.82) is 5.41 Å². The van der Waals surface area contributed by atoms with Crippen LogP contribution in [0.2, 0.25) is 0 Å². The molecule has 12 heavy (non-hydrogen) atoms. The van der Waals surface area contributed by atoms with Crippen LogP contribution in [0.1, 0.15) is 6.42 Å². The van der Waals surface area contributed by atoms with E-state index in [1.54, 1.807) is 7.05 Å². The van der Waals surface area contributed by atoms with Crippen molar-refractivity contribution in [2.45, 2.75) is 6.42 Å². The van der Waals surface area contributed by atoms with Crippen LogP contribution in [-0.2, 0) is 0 Å². The van der Waals surface area contributed by atoms with E-state index in [1.165, 1.54) is 0 Å². The van der Waals surface area contributed by atoms with Crippen molar-refractivity contribution in [3.8, 4) is 0 Å². The van der Waals surface area contributed by atoms with Crippen LogP contribution in [0.15, 0.2) is 4.99 Å². The molecule has 0 atom stereocenters. The first-order valence-electron chi connectivity index (χ1n) is 3.82. The van der Waals surface area contributed by atoms with E-state index in [9.17, 15) is 0 Å². The molecule has 0 unspecified atom stereocenters. The molecule has 3 N–H and O–H groups in total. The Balaban J connectivity index is 3.65. The first-order valence-corrected chi connectivity index (χ1v) is 3.82. The van der Waals surface area contributed by atoms with Crippen LogP contribution < -0.4 is 0 Å². The Hall–Kier alpha value is -0.740. The summed E-state index contributed by atoms with van der Waals surface area (Å²) in [5.74, 6) is 0. The Kier molecular flexibility index (Phi) is 5.49. The molecule has 0 saturated carbocycles. The van der Waals surface area contributed by atoms with Gasteiger partial charge in [0.2, 0.25) is 0 Å². The van der Waals surface area contributed by atoms with Gasteiger partial charge in [-0.25, -0.2) is 10.4 Å². The monoisotopic (exact) mass is 174 g/mol. The van der Waals surface area contributed by atoms with Crippen LogP contribution in [0.4, 0.5) is 0 Å². The summed E-state index contributed by atoms with van der Waals surface area (Å²) in [6.07, 6.45) is 0.740. The summed E-state index contributed by atoms with van der Waals surface area (Å²) in [4.78, 5) is 3.59. The van der Waals surface area contributed by atoms with Gasteiger partial charge in [-0.2, -0.15) is 0 Å². The zero-order valence-electron chi connectivity index (χ0n) is 7.32. The van der Waals surface area contributed by atoms with Crippen LogP contribution in [0.3, 0.4) is 0 Å². The molecule has 0 radical (unpaired) electrons. The van der Waals surface area contributed by atoms with Gasteiger partial charge < -0.3 is 10.2 Å². The second kappa shape index (κ2) is 5.85. The SMILES string of the molecule is C[N+](CO)(CO)CCCN=C=N. The fourth-order valence-electron chi connectivity index (χ4n) is 0.774. The van der Waals surface area contributed by atoms with E-state index in [1.807, 2.05) is 6.01 Å². The van der Waals surface area contributed by atoms with Crippen LogP contribution in [-0.4, -0.2) is 54.3 Å². The Morgan fingerprint density at radius 1 is 1.42 bits per heavy atom. The highest BCUT2D eigenvalue weighted by Gasteiger charge is 2.17.